The molecule has 0 heterocycles. The molecule has 1 N–H and O–H groups in total. The van der Waals surface area contributed by atoms with E-state index in [4.69, 9.17) is 0 Å². The second-order valence-electron chi connectivity index (χ2n) is 3.80. The molecule has 0 bridgehead atoms. The molecule has 1 nitrogen and oxygen atoms in total. The van der Waals surface area contributed by atoms with Gasteiger partial charge in [0.05, 0.1) is 0 Å². The fourth-order valence-corrected chi connectivity index (χ4v) is 1.89. The van der Waals surface area contributed by atoms with Crippen LogP contribution in [0, 0.1) is 0 Å². The molecule has 0 aromatic heterocycles. The molecule has 14 heavy (non-hydrogen) atoms. The summed E-state index contributed by atoms with van der Waals surface area (Å²) in [5.41, 5.74) is 1.43. The molecule has 0 radical (unpaired) electrons. The van der Waals surface area contributed by atoms with Crippen LogP contribution in [0.4, 0.5) is 0 Å². The number of benzene rings is 1. The van der Waals surface area contributed by atoms with Gasteiger partial charge in [-0.1, -0.05) is 30.4 Å². The Morgan fingerprint density at radius 1 is 1.21 bits per heavy atom. The molecule has 1 aromatic carbocycles. The van der Waals surface area contributed by atoms with Crippen LogP contribution in [0.3, 0.4) is 0 Å². The van der Waals surface area contributed by atoms with Gasteiger partial charge < -0.3 is 5.32 Å². The van der Waals surface area contributed by atoms with Gasteiger partial charge in [-0.25, -0.2) is 0 Å². The quantitative estimate of drug-likeness (QED) is 0.749. The van der Waals surface area contributed by atoms with Crippen LogP contribution < -0.4 is 15.8 Å². The maximum atomic E-state index is 3.18. The number of likely N-dealkylation sites (N-methyl/N-ethyl adjacent to an activating group) is 1. The van der Waals surface area contributed by atoms with E-state index in [1.807, 2.05) is 7.05 Å². The standard InChI is InChI=1S/C13H17N.H2/c1-14-9-8-11-6-7-12-4-2-3-5-13(12)10-11;/h4-7,10,14H,2-3,8-9H2,1H3;1H. The van der Waals surface area contributed by atoms with Crippen molar-refractivity contribution in [2.75, 3.05) is 13.6 Å². The minimum Gasteiger partial charge on any atom is -0.319 e. The van der Waals surface area contributed by atoms with E-state index < -0.39 is 0 Å². The minimum absolute atomic E-state index is 0. The van der Waals surface area contributed by atoms with Gasteiger partial charge in [-0.05, 0) is 48.9 Å². The molecular weight excluding hydrogens is 170 g/mol. The maximum Gasteiger partial charge on any atom is 0 e. The number of hydrogen-bond donors (Lipinski definition) is 1. The van der Waals surface area contributed by atoms with Crippen molar-refractivity contribution < 1.29 is 1.43 Å². The largest absolute Gasteiger partial charge is 0.319 e. The summed E-state index contributed by atoms with van der Waals surface area (Å²) in [5.74, 6) is 0. The number of nitrogens with one attached hydrogen (secondary N) is 1. The summed E-state index contributed by atoms with van der Waals surface area (Å²) in [5, 5.41) is 6.01. The summed E-state index contributed by atoms with van der Waals surface area (Å²) < 4.78 is 0. The molecule has 0 unspecified atom stereocenters. The lowest BCUT2D eigenvalue weighted by molar-refractivity contribution is 0.791. The molecule has 0 fully saturated rings. The molecule has 0 saturated carbocycles. The van der Waals surface area contributed by atoms with Gasteiger partial charge in [-0.3, -0.25) is 0 Å². The molecule has 0 aliphatic heterocycles. The maximum absolute atomic E-state index is 3.18. The fourth-order valence-electron chi connectivity index (χ4n) is 1.89. The first-order valence-corrected chi connectivity index (χ1v) is 5.34. The summed E-state index contributed by atoms with van der Waals surface area (Å²) in [6.07, 6.45) is 8.19. The van der Waals surface area contributed by atoms with Crippen LogP contribution in [0.15, 0.2) is 18.2 Å². The van der Waals surface area contributed by atoms with E-state index in [9.17, 15) is 0 Å². The van der Waals surface area contributed by atoms with Crippen molar-refractivity contribution >= 4 is 12.2 Å². The van der Waals surface area contributed by atoms with Crippen molar-refractivity contribution in [3.05, 3.63) is 34.2 Å². The fraction of sp³-hybridized carbons (Fsp3) is 0.385. The average molecular weight is 189 g/mol. The van der Waals surface area contributed by atoms with Crippen LogP contribution in [0.25, 0.3) is 12.2 Å². The van der Waals surface area contributed by atoms with Crippen LogP contribution in [-0.4, -0.2) is 13.6 Å². The normalized spacial score (nSPS) is 14.1. The van der Waals surface area contributed by atoms with Crippen molar-refractivity contribution in [2.24, 2.45) is 0 Å². The third-order valence-corrected chi connectivity index (χ3v) is 2.71. The molecular formula is C13H19N. The molecule has 0 amide bonds. The molecule has 0 atom stereocenters. The molecule has 0 saturated heterocycles. The van der Waals surface area contributed by atoms with Gasteiger partial charge in [-0.15, -0.1) is 0 Å². The topological polar surface area (TPSA) is 12.0 Å². The van der Waals surface area contributed by atoms with Gasteiger partial charge in [0.2, 0.25) is 0 Å². The second kappa shape index (κ2) is 4.43. The van der Waals surface area contributed by atoms with Crippen LogP contribution in [0.2, 0.25) is 0 Å². The number of fused-ring (bicyclic) bond motifs is 1. The van der Waals surface area contributed by atoms with Crippen LogP contribution in [0.1, 0.15) is 19.8 Å². The van der Waals surface area contributed by atoms with Gasteiger partial charge in [0.1, 0.15) is 0 Å². The van der Waals surface area contributed by atoms with Crippen molar-refractivity contribution in [2.45, 2.75) is 19.3 Å². The lowest BCUT2D eigenvalue weighted by Gasteiger charge is -2.03. The zero-order chi connectivity index (χ0) is 9.80. The molecule has 1 aliphatic rings. The average Bonchev–Trinajstić information content (AvgIpc) is 2.26. The van der Waals surface area contributed by atoms with Gasteiger partial charge >= 0.3 is 0 Å². The Morgan fingerprint density at radius 2 is 2.00 bits per heavy atom. The van der Waals surface area contributed by atoms with Crippen LogP contribution in [-0.2, 0) is 6.42 Å². The molecule has 76 valence electrons. The summed E-state index contributed by atoms with van der Waals surface area (Å²) in [6.45, 7) is 1.06. The van der Waals surface area contributed by atoms with Gasteiger partial charge in [-0.2, -0.15) is 0 Å². The third-order valence-electron chi connectivity index (χ3n) is 2.71. The van der Waals surface area contributed by atoms with Gasteiger partial charge in [0.25, 0.3) is 0 Å². The Bertz CT molecular complexity index is 423. The first-order valence-electron chi connectivity index (χ1n) is 5.34. The predicted molar refractivity (Wildman–Crippen MR) is 63.6 cm³/mol. The lowest BCUT2D eigenvalue weighted by Crippen LogP contribution is -2.27. The minimum atomic E-state index is 0. The first-order chi connectivity index (χ1) is 6.90. The highest BCUT2D eigenvalue weighted by atomic mass is 14.8. The summed E-state index contributed by atoms with van der Waals surface area (Å²) in [4.78, 5) is 0. The zero-order valence-corrected chi connectivity index (χ0v) is 8.72. The van der Waals surface area contributed by atoms with Gasteiger partial charge in [0, 0.05) is 1.43 Å². The Morgan fingerprint density at radius 3 is 2.79 bits per heavy atom. The van der Waals surface area contributed by atoms with E-state index in [0.29, 0.717) is 0 Å². The Labute approximate surface area is 86.6 Å². The molecule has 1 heteroatoms. The van der Waals surface area contributed by atoms with Crippen molar-refractivity contribution in [3.63, 3.8) is 0 Å². The first kappa shape index (κ1) is 9.47. The van der Waals surface area contributed by atoms with Crippen LogP contribution >= 0.6 is 0 Å². The zero-order valence-electron chi connectivity index (χ0n) is 8.72. The van der Waals surface area contributed by atoms with E-state index in [1.165, 1.54) is 28.8 Å². The lowest BCUT2D eigenvalue weighted by atomic mass is 10.0. The summed E-state index contributed by atoms with van der Waals surface area (Å²) >= 11 is 0. The molecule has 1 aromatic rings. The monoisotopic (exact) mass is 189 g/mol. The highest BCUT2D eigenvalue weighted by molar-refractivity contribution is 5.39. The molecule has 0 spiro atoms. The smallest absolute Gasteiger partial charge is 0 e. The summed E-state index contributed by atoms with van der Waals surface area (Å²) in [6, 6.07) is 6.81. The number of hydrogen-bond acceptors (Lipinski definition) is 1. The van der Waals surface area contributed by atoms with E-state index in [0.717, 1.165) is 13.0 Å². The van der Waals surface area contributed by atoms with E-state index in [2.05, 4.69) is 35.7 Å². The predicted octanol–water partition coefficient (Wildman–Crippen LogP) is 1.05. The molecule has 2 rings (SSSR count). The second-order valence-corrected chi connectivity index (χ2v) is 3.80. The molecule has 1 aliphatic carbocycles. The highest BCUT2D eigenvalue weighted by Gasteiger charge is 1.95. The SMILES string of the molecule is CNCCc1ccc2c(c1)=CCCC=2.[HH]. The third kappa shape index (κ3) is 2.05. The Kier molecular flexibility index (Phi) is 3.00. The van der Waals surface area contributed by atoms with E-state index >= 15 is 0 Å². The van der Waals surface area contributed by atoms with Crippen LogP contribution in [0.5, 0.6) is 0 Å². The Hall–Kier alpha value is -1.08. The van der Waals surface area contributed by atoms with E-state index in [1.54, 1.807) is 0 Å². The van der Waals surface area contributed by atoms with Crippen molar-refractivity contribution in [1.29, 1.82) is 0 Å². The van der Waals surface area contributed by atoms with Crippen molar-refractivity contribution in [1.82, 2.24) is 5.32 Å². The Balaban J connectivity index is 0.00000112. The number of rotatable bonds is 3. The van der Waals surface area contributed by atoms with Gasteiger partial charge in [0.15, 0.2) is 0 Å². The van der Waals surface area contributed by atoms with E-state index in [-0.39, 0.29) is 1.43 Å². The summed E-state index contributed by atoms with van der Waals surface area (Å²) in [7, 11) is 2.00. The highest BCUT2D eigenvalue weighted by Crippen LogP contribution is 1.98. The van der Waals surface area contributed by atoms with Crippen molar-refractivity contribution in [3.8, 4) is 0 Å².